The van der Waals surface area contributed by atoms with Crippen molar-refractivity contribution in [3.63, 3.8) is 0 Å². The molecule has 0 amide bonds. The molecule has 0 radical (unpaired) electrons. The Morgan fingerprint density at radius 2 is 2.07 bits per heavy atom. The van der Waals surface area contributed by atoms with Crippen LogP contribution in [0.3, 0.4) is 0 Å². The number of hydrogen-bond acceptors (Lipinski definition) is 2. The van der Waals surface area contributed by atoms with Gasteiger partial charge < -0.3 is 10.2 Å². The van der Waals surface area contributed by atoms with Crippen molar-refractivity contribution in [2.24, 2.45) is 5.92 Å². The van der Waals surface area contributed by atoms with E-state index in [1.165, 1.54) is 25.7 Å². The van der Waals surface area contributed by atoms with Gasteiger partial charge in [0.05, 0.1) is 0 Å². The highest BCUT2D eigenvalue weighted by Crippen LogP contribution is 2.37. The Morgan fingerprint density at radius 3 is 2.50 bits per heavy atom. The van der Waals surface area contributed by atoms with Crippen molar-refractivity contribution in [2.75, 3.05) is 21.1 Å². The van der Waals surface area contributed by atoms with Crippen LogP contribution in [0.15, 0.2) is 0 Å². The average Bonchev–Trinajstić information content (AvgIpc) is 2.16. The molecule has 0 aromatic rings. The summed E-state index contributed by atoms with van der Waals surface area (Å²) < 4.78 is 0. The second-order valence-electron chi connectivity index (χ2n) is 5.21. The molecule has 0 aromatic carbocycles. The zero-order valence-corrected chi connectivity index (χ0v) is 10.4. The van der Waals surface area contributed by atoms with E-state index in [1.54, 1.807) is 0 Å². The fourth-order valence-corrected chi connectivity index (χ4v) is 3.02. The lowest BCUT2D eigenvalue weighted by molar-refractivity contribution is 0.0459. The van der Waals surface area contributed by atoms with Gasteiger partial charge in [-0.3, -0.25) is 0 Å². The Hall–Kier alpha value is -0.0800. The second kappa shape index (κ2) is 4.63. The average molecular weight is 198 g/mol. The van der Waals surface area contributed by atoms with Crippen molar-refractivity contribution in [1.82, 2.24) is 10.2 Å². The van der Waals surface area contributed by atoms with E-state index in [4.69, 9.17) is 0 Å². The molecule has 0 spiro atoms. The van der Waals surface area contributed by atoms with Gasteiger partial charge in [-0.2, -0.15) is 0 Å². The summed E-state index contributed by atoms with van der Waals surface area (Å²) in [6.07, 6.45) is 5.46. The molecular formula is C12H26N2. The molecule has 0 heterocycles. The number of rotatable bonds is 3. The van der Waals surface area contributed by atoms with E-state index < -0.39 is 0 Å². The maximum absolute atomic E-state index is 3.44. The van der Waals surface area contributed by atoms with Crippen LogP contribution in [0, 0.1) is 5.92 Å². The maximum Gasteiger partial charge on any atom is 0.0356 e. The monoisotopic (exact) mass is 198 g/mol. The standard InChI is InChI=1S/C12H26N2/c1-10-7-6-8-12(9-10,14(4)5)11(2)13-3/h10-11,13H,6-9H2,1-5H3. The largest absolute Gasteiger partial charge is 0.315 e. The van der Waals surface area contributed by atoms with Crippen LogP contribution < -0.4 is 5.32 Å². The van der Waals surface area contributed by atoms with E-state index in [0.29, 0.717) is 11.6 Å². The van der Waals surface area contributed by atoms with Crippen LogP contribution in [-0.4, -0.2) is 37.6 Å². The molecule has 0 aromatic heterocycles. The van der Waals surface area contributed by atoms with Gasteiger partial charge in [0.1, 0.15) is 0 Å². The molecule has 0 bridgehead atoms. The molecule has 0 saturated heterocycles. The lowest BCUT2D eigenvalue weighted by atomic mass is 9.72. The minimum atomic E-state index is 0.381. The quantitative estimate of drug-likeness (QED) is 0.747. The number of nitrogens with one attached hydrogen (secondary N) is 1. The minimum Gasteiger partial charge on any atom is -0.315 e. The van der Waals surface area contributed by atoms with Crippen LogP contribution in [0.2, 0.25) is 0 Å². The molecule has 2 heteroatoms. The van der Waals surface area contributed by atoms with E-state index in [9.17, 15) is 0 Å². The molecule has 0 aliphatic heterocycles. The van der Waals surface area contributed by atoms with Gasteiger partial charge in [0.25, 0.3) is 0 Å². The fourth-order valence-electron chi connectivity index (χ4n) is 3.02. The van der Waals surface area contributed by atoms with Crippen molar-refractivity contribution >= 4 is 0 Å². The topological polar surface area (TPSA) is 15.3 Å². The van der Waals surface area contributed by atoms with Crippen molar-refractivity contribution in [3.05, 3.63) is 0 Å². The van der Waals surface area contributed by atoms with Gasteiger partial charge in [0.15, 0.2) is 0 Å². The molecule has 2 nitrogen and oxygen atoms in total. The van der Waals surface area contributed by atoms with Crippen LogP contribution in [0.1, 0.15) is 39.5 Å². The lowest BCUT2D eigenvalue weighted by Gasteiger charge is -2.49. The number of likely N-dealkylation sites (N-methyl/N-ethyl adjacent to an activating group) is 2. The highest BCUT2D eigenvalue weighted by molar-refractivity contribution is 4.99. The molecule has 3 unspecified atom stereocenters. The van der Waals surface area contributed by atoms with E-state index >= 15 is 0 Å². The summed E-state index contributed by atoms with van der Waals surface area (Å²) in [4.78, 5) is 2.43. The van der Waals surface area contributed by atoms with Crippen LogP contribution in [0.4, 0.5) is 0 Å². The second-order valence-corrected chi connectivity index (χ2v) is 5.21. The van der Waals surface area contributed by atoms with Gasteiger partial charge >= 0.3 is 0 Å². The molecule has 1 saturated carbocycles. The molecule has 84 valence electrons. The first-order valence-electron chi connectivity index (χ1n) is 5.87. The first-order chi connectivity index (χ1) is 6.53. The summed E-state index contributed by atoms with van der Waals surface area (Å²) in [5.41, 5.74) is 0.381. The molecule has 1 aliphatic rings. The van der Waals surface area contributed by atoms with Gasteiger partial charge in [-0.15, -0.1) is 0 Å². The van der Waals surface area contributed by atoms with E-state index in [2.05, 4.69) is 45.2 Å². The summed E-state index contributed by atoms with van der Waals surface area (Å²) >= 11 is 0. The van der Waals surface area contributed by atoms with Crippen LogP contribution in [-0.2, 0) is 0 Å². The van der Waals surface area contributed by atoms with Crippen molar-refractivity contribution in [1.29, 1.82) is 0 Å². The summed E-state index contributed by atoms with van der Waals surface area (Å²) in [5.74, 6) is 0.877. The first-order valence-corrected chi connectivity index (χ1v) is 5.87. The van der Waals surface area contributed by atoms with E-state index in [1.807, 2.05) is 0 Å². The Morgan fingerprint density at radius 1 is 1.43 bits per heavy atom. The first kappa shape index (κ1) is 12.0. The molecule has 1 rings (SSSR count). The smallest absolute Gasteiger partial charge is 0.0356 e. The molecule has 14 heavy (non-hydrogen) atoms. The third kappa shape index (κ3) is 2.12. The number of hydrogen-bond donors (Lipinski definition) is 1. The summed E-state index contributed by atoms with van der Waals surface area (Å²) in [5, 5.41) is 3.44. The Bertz CT molecular complexity index is 179. The highest BCUT2D eigenvalue weighted by Gasteiger charge is 2.40. The molecule has 1 aliphatic carbocycles. The molecule has 1 N–H and O–H groups in total. The van der Waals surface area contributed by atoms with E-state index in [0.717, 1.165) is 5.92 Å². The Kier molecular flexibility index (Phi) is 3.96. The van der Waals surface area contributed by atoms with Crippen LogP contribution >= 0.6 is 0 Å². The van der Waals surface area contributed by atoms with Crippen molar-refractivity contribution in [2.45, 2.75) is 51.1 Å². The third-order valence-corrected chi connectivity index (χ3v) is 4.14. The van der Waals surface area contributed by atoms with Crippen molar-refractivity contribution < 1.29 is 0 Å². The predicted octanol–water partition coefficient (Wildman–Crippen LogP) is 2.10. The summed E-state index contributed by atoms with van der Waals surface area (Å²) in [6, 6.07) is 0.584. The fraction of sp³-hybridized carbons (Fsp3) is 1.00. The predicted molar refractivity (Wildman–Crippen MR) is 62.6 cm³/mol. The Labute approximate surface area is 89.1 Å². The van der Waals surface area contributed by atoms with Crippen LogP contribution in [0.5, 0.6) is 0 Å². The molecule has 1 fully saturated rings. The summed E-state index contributed by atoms with van der Waals surface area (Å²) in [6.45, 7) is 4.71. The normalized spacial score (nSPS) is 36.0. The highest BCUT2D eigenvalue weighted by atomic mass is 15.2. The summed E-state index contributed by atoms with van der Waals surface area (Å²) in [7, 11) is 6.53. The third-order valence-electron chi connectivity index (χ3n) is 4.14. The zero-order chi connectivity index (χ0) is 10.8. The Balaban J connectivity index is 2.80. The minimum absolute atomic E-state index is 0.381. The maximum atomic E-state index is 3.44. The van der Waals surface area contributed by atoms with Gasteiger partial charge in [-0.05, 0) is 46.8 Å². The van der Waals surface area contributed by atoms with Crippen molar-refractivity contribution in [3.8, 4) is 0 Å². The SMILES string of the molecule is CNC(C)C1(N(C)C)CCCC(C)C1. The van der Waals surface area contributed by atoms with Gasteiger partial charge in [-0.25, -0.2) is 0 Å². The van der Waals surface area contributed by atoms with Gasteiger partial charge in [-0.1, -0.05) is 19.8 Å². The molecule has 3 atom stereocenters. The van der Waals surface area contributed by atoms with Gasteiger partial charge in [0, 0.05) is 11.6 Å². The van der Waals surface area contributed by atoms with Crippen LogP contribution in [0.25, 0.3) is 0 Å². The van der Waals surface area contributed by atoms with Gasteiger partial charge in [0.2, 0.25) is 0 Å². The lowest BCUT2D eigenvalue weighted by Crippen LogP contribution is -2.59. The molecular weight excluding hydrogens is 172 g/mol. The number of nitrogens with zero attached hydrogens (tertiary/aromatic N) is 1. The van der Waals surface area contributed by atoms with E-state index in [-0.39, 0.29) is 0 Å². The zero-order valence-electron chi connectivity index (χ0n) is 10.4.